The van der Waals surface area contributed by atoms with Crippen LogP contribution in [0.5, 0.6) is 11.5 Å². The molecule has 16 nitrogen and oxygen atoms in total. The van der Waals surface area contributed by atoms with Gasteiger partial charge in [-0.1, -0.05) is 115 Å². The lowest BCUT2D eigenvalue weighted by Gasteiger charge is -2.15. The Kier molecular flexibility index (Phi) is 18.0. The summed E-state index contributed by atoms with van der Waals surface area (Å²) in [6, 6.07) is 17.8. The van der Waals surface area contributed by atoms with Gasteiger partial charge < -0.3 is 15.4 Å². The summed E-state index contributed by atoms with van der Waals surface area (Å²) in [5.74, 6) is -1.04. The summed E-state index contributed by atoms with van der Waals surface area (Å²) in [4.78, 5) is 39.1. The molecule has 0 bridgehead atoms. The number of aromatic amines is 1. The normalized spacial score (nSPS) is 13.3. The van der Waals surface area contributed by atoms with Crippen molar-refractivity contribution in [1.29, 1.82) is 0 Å². The number of carbonyl (C=O) groups is 3. The van der Waals surface area contributed by atoms with Crippen LogP contribution in [0.4, 0.5) is 27.5 Å². The fourth-order valence-electron chi connectivity index (χ4n) is 6.90. The second kappa shape index (κ2) is 23.8. The van der Waals surface area contributed by atoms with Crippen LogP contribution < -0.4 is 31.1 Å². The van der Waals surface area contributed by atoms with Gasteiger partial charge >= 0.3 is 11.9 Å². The highest BCUT2D eigenvalue weighted by molar-refractivity contribution is 7.86. The number of aryl methyl sites for hydroxylation is 2. The van der Waals surface area contributed by atoms with Crippen LogP contribution in [0.15, 0.2) is 87.9 Å². The number of amides is 4. The van der Waals surface area contributed by atoms with Crippen molar-refractivity contribution in [3.63, 3.8) is 0 Å². The van der Waals surface area contributed by atoms with Crippen LogP contribution >= 0.6 is 0 Å². The van der Waals surface area contributed by atoms with Gasteiger partial charge in [0.25, 0.3) is 10.1 Å². The number of hydrogen-bond acceptors (Lipinski definition) is 10. The van der Waals surface area contributed by atoms with Crippen LogP contribution in [0.1, 0.15) is 121 Å². The Labute approximate surface area is 364 Å². The molecule has 1 aliphatic rings. The van der Waals surface area contributed by atoms with Crippen molar-refractivity contribution in [1.82, 2.24) is 15.5 Å². The quantitative estimate of drug-likeness (QED) is 0.0224. The molecule has 0 spiro atoms. The van der Waals surface area contributed by atoms with Crippen LogP contribution in [0.2, 0.25) is 0 Å². The Morgan fingerprint density at radius 3 is 1.92 bits per heavy atom. The van der Waals surface area contributed by atoms with E-state index in [4.69, 9.17) is 4.74 Å². The Morgan fingerprint density at radius 1 is 0.774 bits per heavy atom. The first-order chi connectivity index (χ1) is 29.9. The van der Waals surface area contributed by atoms with Gasteiger partial charge in [-0.25, -0.2) is 4.79 Å². The van der Waals surface area contributed by atoms with Crippen molar-refractivity contribution in [2.24, 2.45) is 10.2 Å². The molecule has 3 aromatic carbocycles. The molecule has 1 aromatic heterocycles. The molecule has 2 heterocycles. The van der Waals surface area contributed by atoms with Gasteiger partial charge in [0.15, 0.2) is 11.5 Å². The smallest absolute Gasteiger partial charge is 0.324 e. The number of benzene rings is 3. The lowest BCUT2D eigenvalue weighted by Crippen LogP contribution is -2.40. The summed E-state index contributed by atoms with van der Waals surface area (Å²) in [6.07, 6.45) is 19.3. The van der Waals surface area contributed by atoms with E-state index in [1.165, 1.54) is 89.2 Å². The van der Waals surface area contributed by atoms with E-state index in [9.17, 15) is 27.4 Å². The zero-order chi connectivity index (χ0) is 44.3. The maximum atomic E-state index is 13.8. The topological polar surface area (TPSA) is 220 Å². The number of para-hydroxylation sites is 1. The zero-order valence-corrected chi connectivity index (χ0v) is 36.7. The van der Waals surface area contributed by atoms with Gasteiger partial charge in [0.2, 0.25) is 5.91 Å². The third-order valence-corrected chi connectivity index (χ3v) is 11.2. The third-order valence-electron chi connectivity index (χ3n) is 10.3. The summed E-state index contributed by atoms with van der Waals surface area (Å²) >= 11 is 0. The fourth-order valence-corrected chi connectivity index (χ4v) is 7.53. The van der Waals surface area contributed by atoms with E-state index in [0.717, 1.165) is 30.3 Å². The Hall–Kier alpha value is -6.07. The minimum atomic E-state index is -4.85. The minimum absolute atomic E-state index is 0.0687. The number of unbranched alkanes of at least 4 members (excludes halogenated alkanes) is 14. The average Bonchev–Trinajstić information content (AvgIpc) is 3.73. The fraction of sp³-hybridized carbons (Fsp3) is 0.422. The van der Waals surface area contributed by atoms with E-state index in [0.29, 0.717) is 40.6 Å². The predicted octanol–water partition coefficient (Wildman–Crippen LogP) is 10.2. The van der Waals surface area contributed by atoms with E-state index < -0.39 is 27.0 Å². The van der Waals surface area contributed by atoms with Gasteiger partial charge in [0.05, 0.1) is 22.8 Å². The number of amidine groups is 1. The maximum absolute atomic E-state index is 13.8. The molecular weight excluding hydrogens is 811 g/mol. The number of H-pyrrole nitrogens is 1. The summed E-state index contributed by atoms with van der Waals surface area (Å²) in [5, 5.41) is 24.4. The SMILES string of the molecule is CCCCCCCCCCCCCCCCCC(=O)Nc1ccc(NC(=O)NC2=NN(c3ccc(Oc4ccccc4)c(S(=O)(=O)O)c3)C(=O)C2=NNc2c(C)n[nH]c2C)cc1. The van der Waals surface area contributed by atoms with Crippen molar-refractivity contribution in [2.75, 3.05) is 21.1 Å². The molecule has 0 saturated heterocycles. The standard InChI is InChI=1S/C45H59N9O7S/c1-4-5-6-7-8-9-10-11-12-13-14-15-16-17-21-24-40(55)46-34-25-27-35(28-26-34)47-45(57)48-43-42(52-51-41-32(2)49-50-33(41)3)44(56)54(53-43)36-29-30-38(39(31-36)62(58,59)60)61-37-22-19-18-20-23-37/h18-20,22-23,25-31,51H,4-17,21,24H2,1-3H3,(H,46,55)(H,49,50)(H,58,59,60)(H2,47,48,53,57). The molecule has 1 aliphatic heterocycles. The molecule has 332 valence electrons. The molecule has 5 rings (SSSR count). The van der Waals surface area contributed by atoms with Crippen LogP contribution in [-0.2, 0) is 19.7 Å². The Balaban J connectivity index is 1.13. The highest BCUT2D eigenvalue weighted by Gasteiger charge is 2.36. The molecule has 4 aromatic rings. The monoisotopic (exact) mass is 869 g/mol. The molecule has 17 heteroatoms. The summed E-state index contributed by atoms with van der Waals surface area (Å²) < 4.78 is 40.7. The number of aromatic nitrogens is 2. The third kappa shape index (κ3) is 14.5. The van der Waals surface area contributed by atoms with E-state index in [1.807, 2.05) is 0 Å². The largest absolute Gasteiger partial charge is 0.456 e. The number of hydrogen-bond donors (Lipinski definition) is 6. The summed E-state index contributed by atoms with van der Waals surface area (Å²) in [5.41, 5.74) is 5.07. The van der Waals surface area contributed by atoms with E-state index in [-0.39, 0.29) is 28.9 Å². The van der Waals surface area contributed by atoms with Crippen LogP contribution in [0.25, 0.3) is 0 Å². The van der Waals surface area contributed by atoms with Crippen molar-refractivity contribution in [3.05, 3.63) is 84.2 Å². The van der Waals surface area contributed by atoms with Gasteiger partial charge in [0.1, 0.15) is 16.4 Å². The van der Waals surface area contributed by atoms with Gasteiger partial charge in [-0.15, -0.1) is 5.10 Å². The highest BCUT2D eigenvalue weighted by Crippen LogP contribution is 2.33. The first-order valence-corrected chi connectivity index (χ1v) is 23.0. The number of ether oxygens (including phenoxy) is 1. The van der Waals surface area contributed by atoms with E-state index in [2.05, 4.69) is 48.7 Å². The van der Waals surface area contributed by atoms with Crippen molar-refractivity contribution in [2.45, 2.75) is 128 Å². The second-order valence-electron chi connectivity index (χ2n) is 15.4. The zero-order valence-electron chi connectivity index (χ0n) is 35.8. The lowest BCUT2D eigenvalue weighted by molar-refractivity contribution is -0.116. The highest BCUT2D eigenvalue weighted by atomic mass is 32.2. The molecular formula is C45H59N9O7S. The number of carbonyl (C=O) groups excluding carboxylic acids is 3. The van der Waals surface area contributed by atoms with E-state index in [1.54, 1.807) is 68.4 Å². The first-order valence-electron chi connectivity index (χ1n) is 21.5. The number of hydrazone groups is 2. The van der Waals surface area contributed by atoms with E-state index >= 15 is 0 Å². The molecule has 0 atom stereocenters. The predicted molar refractivity (Wildman–Crippen MR) is 244 cm³/mol. The number of nitrogens with zero attached hydrogens (tertiary/aromatic N) is 4. The molecule has 4 amide bonds. The molecule has 0 radical (unpaired) electrons. The van der Waals surface area contributed by atoms with Crippen molar-refractivity contribution in [3.8, 4) is 11.5 Å². The van der Waals surface area contributed by atoms with Crippen molar-refractivity contribution < 1.29 is 32.1 Å². The molecule has 0 fully saturated rings. The van der Waals surface area contributed by atoms with Gasteiger partial charge in [-0.05, 0) is 74.9 Å². The Morgan fingerprint density at radius 2 is 1.35 bits per heavy atom. The maximum Gasteiger partial charge on any atom is 0.324 e. The number of rotatable bonds is 24. The molecule has 62 heavy (non-hydrogen) atoms. The molecule has 6 N–H and O–H groups in total. The molecule has 0 saturated carbocycles. The van der Waals surface area contributed by atoms with Gasteiger partial charge in [0, 0.05) is 17.8 Å². The summed E-state index contributed by atoms with van der Waals surface area (Å²) in [7, 11) is -4.85. The van der Waals surface area contributed by atoms with Crippen LogP contribution in [0, 0.1) is 13.8 Å². The molecule has 0 aliphatic carbocycles. The van der Waals surface area contributed by atoms with Gasteiger partial charge in [-0.2, -0.15) is 23.6 Å². The average molecular weight is 870 g/mol. The lowest BCUT2D eigenvalue weighted by atomic mass is 10.0. The minimum Gasteiger partial charge on any atom is -0.456 e. The second-order valence-corrected chi connectivity index (χ2v) is 16.8. The van der Waals surface area contributed by atoms with Gasteiger partial charge in [-0.3, -0.25) is 30.0 Å². The molecule has 0 unspecified atom stereocenters. The number of nitrogens with one attached hydrogen (secondary N) is 5. The van der Waals surface area contributed by atoms with Crippen LogP contribution in [-0.4, -0.2) is 52.6 Å². The number of anilines is 4. The summed E-state index contributed by atoms with van der Waals surface area (Å²) in [6.45, 7) is 5.73. The Bertz CT molecular complexity index is 2260. The van der Waals surface area contributed by atoms with Crippen LogP contribution in [0.3, 0.4) is 0 Å². The first kappa shape index (κ1) is 47.0. The van der Waals surface area contributed by atoms with Crippen molar-refractivity contribution >= 4 is 62.3 Å². The number of urea groups is 1.